The first-order chi connectivity index (χ1) is 27.1. The summed E-state index contributed by atoms with van der Waals surface area (Å²) in [5.74, 6) is 0.774. The summed E-state index contributed by atoms with van der Waals surface area (Å²) in [6.07, 6.45) is 10.5. The Labute approximate surface area is 332 Å². The van der Waals surface area contributed by atoms with Gasteiger partial charge in [0, 0.05) is 75.0 Å². The second kappa shape index (κ2) is 16.8. The molecule has 1 aliphatic carbocycles. The fourth-order valence-electron chi connectivity index (χ4n) is 10.5. The van der Waals surface area contributed by atoms with Crippen LogP contribution < -0.4 is 10.2 Å². The van der Waals surface area contributed by atoms with Crippen molar-refractivity contribution >= 4 is 27.5 Å². The number of hydrogen-bond acceptors (Lipinski definition) is 9. The summed E-state index contributed by atoms with van der Waals surface area (Å²) in [6.45, 7) is 11.3. The highest BCUT2D eigenvalue weighted by Gasteiger charge is 2.53. The molecule has 0 aromatic heterocycles. The summed E-state index contributed by atoms with van der Waals surface area (Å²) in [4.78, 5) is 36.6. The molecule has 13 heteroatoms. The van der Waals surface area contributed by atoms with E-state index in [-0.39, 0.29) is 48.3 Å². The molecule has 5 saturated heterocycles. The number of benzene rings is 2. The molecule has 11 nitrogen and oxygen atoms in total. The van der Waals surface area contributed by atoms with Crippen LogP contribution in [0.1, 0.15) is 50.5 Å². The highest BCUT2D eigenvalue weighted by Crippen LogP contribution is 2.51. The summed E-state index contributed by atoms with van der Waals surface area (Å²) in [5, 5.41) is 2.62. The van der Waals surface area contributed by atoms with E-state index in [0.29, 0.717) is 16.7 Å². The fraction of sp³-hybridized carbons (Fsp3) is 0.628. The SMILES string of the molecule is COC(=O)N[C@H]1CCC[C@@H]1[C@](CN1CCC1)(c1cccc(F)c1)C1CCN(CC2CN(c3ccc(S(=O)(=O)C4CN(C(=O)/C=C/CN5CCC5)C4)cc3)C2)CC1. The van der Waals surface area contributed by atoms with E-state index in [1.165, 1.54) is 20.0 Å². The lowest BCUT2D eigenvalue weighted by Crippen LogP contribution is -2.60. The van der Waals surface area contributed by atoms with Crippen molar-refractivity contribution in [2.75, 3.05) is 97.1 Å². The quantitative estimate of drug-likeness (QED) is 0.279. The van der Waals surface area contributed by atoms with Gasteiger partial charge in [-0.2, -0.15) is 0 Å². The first-order valence-corrected chi connectivity index (χ1v) is 22.5. The summed E-state index contributed by atoms with van der Waals surface area (Å²) in [7, 11) is -2.09. The number of likely N-dealkylation sites (tertiary alicyclic amines) is 4. The highest BCUT2D eigenvalue weighted by atomic mass is 32.2. The van der Waals surface area contributed by atoms with Gasteiger partial charge < -0.3 is 29.7 Å². The average Bonchev–Trinajstić information content (AvgIpc) is 3.58. The number of nitrogens with one attached hydrogen (secondary N) is 1. The predicted octanol–water partition coefficient (Wildman–Crippen LogP) is 4.39. The summed E-state index contributed by atoms with van der Waals surface area (Å²) < 4.78 is 46.8. The maximum atomic E-state index is 15.0. The van der Waals surface area contributed by atoms with E-state index in [1.54, 1.807) is 35.2 Å². The van der Waals surface area contributed by atoms with Gasteiger partial charge in [0.25, 0.3) is 0 Å². The maximum absolute atomic E-state index is 15.0. The number of carbonyl (C=O) groups excluding carboxylic acids is 2. The Morgan fingerprint density at radius 2 is 1.59 bits per heavy atom. The summed E-state index contributed by atoms with van der Waals surface area (Å²) in [6, 6.07) is 14.6. The molecule has 6 fully saturated rings. The Morgan fingerprint density at radius 3 is 2.23 bits per heavy atom. The molecule has 8 rings (SSSR count). The fourth-order valence-corrected chi connectivity index (χ4v) is 12.1. The van der Waals surface area contributed by atoms with E-state index in [0.717, 1.165) is 115 Å². The number of piperidine rings is 1. The van der Waals surface area contributed by atoms with Gasteiger partial charge in [0.15, 0.2) is 9.84 Å². The van der Waals surface area contributed by atoms with Gasteiger partial charge in [-0.15, -0.1) is 0 Å². The zero-order valence-corrected chi connectivity index (χ0v) is 33.7. The van der Waals surface area contributed by atoms with Gasteiger partial charge in [-0.25, -0.2) is 17.6 Å². The highest BCUT2D eigenvalue weighted by molar-refractivity contribution is 7.92. The van der Waals surface area contributed by atoms with Crippen molar-refractivity contribution in [3.8, 4) is 0 Å². The third-order valence-corrected chi connectivity index (χ3v) is 16.1. The van der Waals surface area contributed by atoms with E-state index in [4.69, 9.17) is 4.74 Å². The van der Waals surface area contributed by atoms with Crippen molar-refractivity contribution in [3.05, 3.63) is 72.1 Å². The van der Waals surface area contributed by atoms with Gasteiger partial charge in [0.1, 0.15) is 11.1 Å². The molecule has 0 radical (unpaired) electrons. The van der Waals surface area contributed by atoms with E-state index >= 15 is 4.39 Å². The Kier molecular flexibility index (Phi) is 11.8. The molecular weight excluding hydrogens is 732 g/mol. The van der Waals surface area contributed by atoms with E-state index in [9.17, 15) is 18.0 Å². The number of amides is 2. The van der Waals surface area contributed by atoms with Gasteiger partial charge >= 0.3 is 6.09 Å². The predicted molar refractivity (Wildman–Crippen MR) is 215 cm³/mol. The van der Waals surface area contributed by atoms with Crippen LogP contribution in [-0.4, -0.2) is 144 Å². The molecule has 6 aliphatic rings. The van der Waals surface area contributed by atoms with Crippen LogP contribution >= 0.6 is 0 Å². The van der Waals surface area contributed by atoms with Crippen LogP contribution in [0.4, 0.5) is 14.9 Å². The number of nitrogens with zero attached hydrogens (tertiary/aromatic N) is 5. The molecule has 2 aromatic carbocycles. The Balaban J connectivity index is 0.853. The van der Waals surface area contributed by atoms with Crippen LogP contribution in [-0.2, 0) is 24.8 Å². The lowest BCUT2D eigenvalue weighted by atomic mass is 9.57. The van der Waals surface area contributed by atoms with Gasteiger partial charge in [0.2, 0.25) is 5.91 Å². The van der Waals surface area contributed by atoms with Crippen molar-refractivity contribution < 1.29 is 27.1 Å². The van der Waals surface area contributed by atoms with Gasteiger partial charge in [-0.3, -0.25) is 9.69 Å². The van der Waals surface area contributed by atoms with Gasteiger partial charge in [-0.1, -0.05) is 24.6 Å². The molecule has 5 aliphatic heterocycles. The van der Waals surface area contributed by atoms with Gasteiger partial charge in [0.05, 0.1) is 12.0 Å². The van der Waals surface area contributed by atoms with Crippen molar-refractivity contribution in [1.82, 2.24) is 24.9 Å². The van der Waals surface area contributed by atoms with Crippen LogP contribution in [0.5, 0.6) is 0 Å². The Bertz CT molecular complexity index is 1830. The molecule has 2 amide bonds. The van der Waals surface area contributed by atoms with Crippen LogP contribution in [0.15, 0.2) is 65.6 Å². The lowest BCUT2D eigenvalue weighted by molar-refractivity contribution is -0.129. The monoisotopic (exact) mass is 790 g/mol. The summed E-state index contributed by atoms with van der Waals surface area (Å²) >= 11 is 0. The molecule has 2 aromatic rings. The van der Waals surface area contributed by atoms with E-state index < -0.39 is 15.1 Å². The number of alkyl carbamates (subject to hydrolysis) is 1. The minimum atomic E-state index is -3.51. The molecule has 3 atom stereocenters. The number of anilines is 1. The first-order valence-electron chi connectivity index (χ1n) is 20.9. The Hall–Kier alpha value is -3.52. The smallest absolute Gasteiger partial charge is 0.407 e. The van der Waals surface area contributed by atoms with Crippen molar-refractivity contribution in [3.63, 3.8) is 0 Å². The minimum absolute atomic E-state index is 0.00783. The number of hydrogen-bond donors (Lipinski definition) is 1. The molecule has 1 saturated carbocycles. The number of sulfone groups is 1. The molecule has 304 valence electrons. The van der Waals surface area contributed by atoms with Crippen molar-refractivity contribution in [1.29, 1.82) is 0 Å². The third kappa shape index (κ3) is 8.11. The van der Waals surface area contributed by atoms with Crippen molar-refractivity contribution in [2.24, 2.45) is 17.8 Å². The van der Waals surface area contributed by atoms with E-state index in [2.05, 4.69) is 31.0 Å². The zero-order chi connectivity index (χ0) is 38.9. The van der Waals surface area contributed by atoms with E-state index in [1.807, 2.05) is 24.3 Å². The first kappa shape index (κ1) is 39.3. The molecule has 0 bridgehead atoms. The number of halogens is 1. The third-order valence-electron chi connectivity index (χ3n) is 14.0. The number of carbonyl (C=O) groups is 2. The number of ether oxygens (including phenoxy) is 1. The van der Waals surface area contributed by atoms with Gasteiger partial charge in [-0.05, 0) is 132 Å². The van der Waals surface area contributed by atoms with Crippen LogP contribution in [0.3, 0.4) is 0 Å². The van der Waals surface area contributed by atoms with Crippen LogP contribution in [0, 0.1) is 23.6 Å². The topological polar surface area (TPSA) is 106 Å². The second-order valence-corrected chi connectivity index (χ2v) is 19.5. The Morgan fingerprint density at radius 1 is 0.875 bits per heavy atom. The lowest BCUT2D eigenvalue weighted by Gasteiger charge is -2.54. The molecule has 0 unspecified atom stereocenters. The minimum Gasteiger partial charge on any atom is -0.453 e. The average molecular weight is 791 g/mol. The number of methoxy groups -OCH3 is 1. The molecule has 1 N–H and O–H groups in total. The van der Waals surface area contributed by atoms with Crippen LogP contribution in [0.2, 0.25) is 0 Å². The standard InChI is InChI=1S/C43H59FN6O5S/c1-55-42(52)45-40-10-3-9-39(40)43(31-48-21-6-22-48,34-7-2-8-35(44)25-34)33-16-23-47(24-17-33)26-32-27-49(28-32)36-12-14-37(15-13-36)56(53,54)38-29-50(30-38)41(51)11-4-18-46-19-5-20-46/h2,4,7-8,11-15,25,32-33,38-40H,3,5-6,9-10,16-24,26-31H2,1H3,(H,45,52)/b11-4+/t39-,40-,43-/m0/s1. The molecule has 0 spiro atoms. The second-order valence-electron chi connectivity index (χ2n) is 17.3. The zero-order valence-electron chi connectivity index (χ0n) is 32.9. The molecular formula is C43H59FN6O5S. The maximum Gasteiger partial charge on any atom is 0.407 e. The summed E-state index contributed by atoms with van der Waals surface area (Å²) in [5.41, 5.74) is 1.84. The molecule has 5 heterocycles. The van der Waals surface area contributed by atoms with Crippen molar-refractivity contribution in [2.45, 2.75) is 66.5 Å². The number of rotatable bonds is 14. The molecule has 56 heavy (non-hydrogen) atoms. The van der Waals surface area contributed by atoms with Crippen LogP contribution in [0.25, 0.3) is 0 Å². The largest absolute Gasteiger partial charge is 0.453 e. The normalized spacial score (nSPS) is 25.6.